The zero-order valence-corrected chi connectivity index (χ0v) is 21.2. The van der Waals surface area contributed by atoms with E-state index in [1.165, 1.54) is 11.0 Å². The monoisotopic (exact) mass is 534 g/mol. The van der Waals surface area contributed by atoms with Gasteiger partial charge in [0.05, 0.1) is 16.3 Å². The lowest BCUT2D eigenvalue weighted by molar-refractivity contribution is -0.120. The van der Waals surface area contributed by atoms with Crippen molar-refractivity contribution in [1.82, 2.24) is 20.1 Å². The Balaban J connectivity index is 1.79. The lowest BCUT2D eigenvalue weighted by Crippen LogP contribution is -2.64. The van der Waals surface area contributed by atoms with Crippen LogP contribution in [0.3, 0.4) is 0 Å². The summed E-state index contributed by atoms with van der Waals surface area (Å²) in [7, 11) is 1.70. The summed E-state index contributed by atoms with van der Waals surface area (Å²) in [5.74, 6) is -3.07. The van der Waals surface area contributed by atoms with E-state index in [-0.39, 0.29) is 39.9 Å². The molecule has 0 spiro atoms. The van der Waals surface area contributed by atoms with Crippen LogP contribution in [0.4, 0.5) is 8.78 Å². The zero-order valence-electron chi connectivity index (χ0n) is 20.4. The summed E-state index contributed by atoms with van der Waals surface area (Å²) < 4.78 is 27.0. The SMILES string of the molecule is CCN(C(=O)c1[nH]cc(C(=N)SC(=N)Cc2ccc(F)cc2F)c(=O)c1O)C1(NC)CCN(C=O)CC1. The molecule has 2 amide bonds. The summed E-state index contributed by atoms with van der Waals surface area (Å²) in [5, 5.41) is 29.4. The lowest BCUT2D eigenvalue weighted by Gasteiger charge is -2.47. The van der Waals surface area contributed by atoms with Gasteiger partial charge in [0, 0.05) is 51.2 Å². The van der Waals surface area contributed by atoms with Gasteiger partial charge < -0.3 is 19.9 Å². The van der Waals surface area contributed by atoms with Gasteiger partial charge in [-0.2, -0.15) is 0 Å². The Hall–Kier alpha value is -3.58. The number of aromatic amines is 1. The molecule has 1 fully saturated rings. The predicted molar refractivity (Wildman–Crippen MR) is 136 cm³/mol. The smallest absolute Gasteiger partial charge is 0.275 e. The summed E-state index contributed by atoms with van der Waals surface area (Å²) >= 11 is 0.573. The number of benzene rings is 1. The number of halogens is 2. The van der Waals surface area contributed by atoms with Crippen molar-refractivity contribution >= 4 is 34.2 Å². The van der Waals surface area contributed by atoms with Crippen LogP contribution in [0.1, 0.15) is 41.4 Å². The van der Waals surface area contributed by atoms with E-state index in [4.69, 9.17) is 10.8 Å². The second kappa shape index (κ2) is 11.6. The van der Waals surface area contributed by atoms with Crippen LogP contribution < -0.4 is 10.7 Å². The Labute approximate surface area is 216 Å². The number of hydrogen-bond donors (Lipinski definition) is 5. The highest BCUT2D eigenvalue weighted by molar-refractivity contribution is 8.26. The highest BCUT2D eigenvalue weighted by Gasteiger charge is 2.41. The fourth-order valence-corrected chi connectivity index (χ4v) is 5.07. The Kier molecular flexibility index (Phi) is 8.81. The second-order valence-corrected chi connectivity index (χ2v) is 9.60. The molecule has 198 valence electrons. The molecule has 10 nitrogen and oxygen atoms in total. The minimum absolute atomic E-state index is 0.0569. The van der Waals surface area contributed by atoms with Gasteiger partial charge in [0.15, 0.2) is 11.4 Å². The molecule has 1 saturated heterocycles. The van der Waals surface area contributed by atoms with Crippen molar-refractivity contribution in [1.29, 1.82) is 10.8 Å². The van der Waals surface area contributed by atoms with E-state index in [2.05, 4.69) is 10.3 Å². The second-order valence-electron chi connectivity index (χ2n) is 8.49. The number of aromatic hydroxyl groups is 1. The minimum Gasteiger partial charge on any atom is -0.503 e. The Bertz CT molecular complexity index is 1280. The molecule has 2 heterocycles. The van der Waals surface area contributed by atoms with Crippen LogP contribution in [0.25, 0.3) is 0 Å². The number of carbonyl (C=O) groups is 2. The lowest BCUT2D eigenvalue weighted by atomic mass is 9.94. The maximum absolute atomic E-state index is 13.9. The third kappa shape index (κ3) is 5.88. The molecule has 1 aliphatic heterocycles. The molecular formula is C24H28F2N6O4S. The van der Waals surface area contributed by atoms with E-state index in [0.717, 1.165) is 18.7 Å². The largest absolute Gasteiger partial charge is 0.503 e. The van der Waals surface area contributed by atoms with E-state index in [1.54, 1.807) is 18.9 Å². The molecule has 0 unspecified atom stereocenters. The number of aromatic nitrogens is 1. The van der Waals surface area contributed by atoms with Crippen LogP contribution in [0, 0.1) is 22.5 Å². The van der Waals surface area contributed by atoms with Crippen molar-refractivity contribution in [3.63, 3.8) is 0 Å². The standard InChI is InChI=1S/C24H28F2N6O4S/c1-3-32(24(29-2)6-8-31(13-33)9-7-24)23(36)19-21(35)20(34)16(12-30-19)22(28)37-18(27)10-14-4-5-15(25)11-17(14)26/h4-5,11-13,27-29,35H,3,6-10H2,1-2H3,(H,30,34). The molecule has 5 N–H and O–H groups in total. The van der Waals surface area contributed by atoms with Gasteiger partial charge >= 0.3 is 0 Å². The first-order valence-electron chi connectivity index (χ1n) is 11.5. The first-order chi connectivity index (χ1) is 17.6. The van der Waals surface area contributed by atoms with Gasteiger partial charge in [-0.05, 0) is 25.6 Å². The maximum Gasteiger partial charge on any atom is 0.275 e. The number of piperidine rings is 1. The van der Waals surface area contributed by atoms with Crippen molar-refractivity contribution < 1.29 is 23.5 Å². The quantitative estimate of drug-likeness (QED) is 0.152. The van der Waals surface area contributed by atoms with E-state index >= 15 is 0 Å². The van der Waals surface area contributed by atoms with Crippen molar-refractivity contribution in [3.8, 4) is 5.75 Å². The predicted octanol–water partition coefficient (Wildman–Crippen LogP) is 2.27. The molecule has 0 atom stereocenters. The zero-order chi connectivity index (χ0) is 27.3. The van der Waals surface area contributed by atoms with Crippen LogP contribution in [-0.4, -0.2) is 74.6 Å². The third-order valence-corrected chi connectivity index (χ3v) is 7.24. The molecule has 0 bridgehead atoms. The molecule has 13 heteroatoms. The van der Waals surface area contributed by atoms with Gasteiger partial charge in [-0.3, -0.25) is 30.5 Å². The average Bonchev–Trinajstić information content (AvgIpc) is 2.87. The average molecular weight is 535 g/mol. The van der Waals surface area contributed by atoms with Crippen LogP contribution >= 0.6 is 11.8 Å². The number of carbonyl (C=O) groups excluding carboxylic acids is 2. The maximum atomic E-state index is 13.9. The van der Waals surface area contributed by atoms with Gasteiger partial charge in [0.1, 0.15) is 16.7 Å². The number of nitrogens with zero attached hydrogens (tertiary/aromatic N) is 2. The normalized spacial score (nSPS) is 14.8. The number of pyridine rings is 1. The highest BCUT2D eigenvalue weighted by Crippen LogP contribution is 2.28. The van der Waals surface area contributed by atoms with Crippen LogP contribution in [0.5, 0.6) is 5.75 Å². The number of rotatable bonds is 8. The molecule has 0 saturated carbocycles. The Morgan fingerprint density at radius 1 is 1.32 bits per heavy atom. The van der Waals surface area contributed by atoms with Gasteiger partial charge in [0.25, 0.3) is 5.91 Å². The molecule has 1 aromatic heterocycles. The van der Waals surface area contributed by atoms with E-state index in [1.807, 2.05) is 0 Å². The van der Waals surface area contributed by atoms with Crippen LogP contribution in [0.15, 0.2) is 29.2 Å². The fraction of sp³-hybridized carbons (Fsp3) is 0.375. The third-order valence-electron chi connectivity index (χ3n) is 6.42. The number of likely N-dealkylation sites (tertiary alicyclic amines) is 1. The number of amides is 2. The van der Waals surface area contributed by atoms with Gasteiger partial charge in [-0.25, -0.2) is 8.78 Å². The van der Waals surface area contributed by atoms with Crippen LogP contribution in [-0.2, 0) is 11.2 Å². The molecular weight excluding hydrogens is 506 g/mol. The number of nitrogens with one attached hydrogen (secondary N) is 4. The number of H-pyrrole nitrogens is 1. The Morgan fingerprint density at radius 3 is 2.57 bits per heavy atom. The van der Waals surface area contributed by atoms with E-state index in [0.29, 0.717) is 43.8 Å². The van der Waals surface area contributed by atoms with E-state index < -0.39 is 34.4 Å². The molecule has 0 radical (unpaired) electrons. The summed E-state index contributed by atoms with van der Waals surface area (Å²) in [6.07, 6.45) is 2.54. The Morgan fingerprint density at radius 2 is 2.00 bits per heavy atom. The highest BCUT2D eigenvalue weighted by atomic mass is 32.2. The topological polar surface area (TPSA) is 153 Å². The van der Waals surface area contributed by atoms with Crippen molar-refractivity contribution in [2.75, 3.05) is 26.7 Å². The first kappa shape index (κ1) is 28.0. The summed E-state index contributed by atoms with van der Waals surface area (Å²) in [4.78, 5) is 43.1. The first-order valence-corrected chi connectivity index (χ1v) is 12.3. The summed E-state index contributed by atoms with van der Waals surface area (Å²) in [6.45, 7) is 2.87. The molecule has 1 aliphatic rings. The minimum atomic E-state index is -0.967. The van der Waals surface area contributed by atoms with Crippen molar-refractivity contribution in [2.24, 2.45) is 0 Å². The molecule has 37 heavy (non-hydrogen) atoms. The fourth-order valence-electron chi connectivity index (χ4n) is 4.33. The van der Waals surface area contributed by atoms with E-state index in [9.17, 15) is 28.3 Å². The van der Waals surface area contributed by atoms with Crippen LogP contribution in [0.2, 0.25) is 0 Å². The number of hydrogen-bond acceptors (Lipinski definition) is 8. The molecule has 3 rings (SSSR count). The van der Waals surface area contributed by atoms with Gasteiger partial charge in [-0.1, -0.05) is 17.8 Å². The molecule has 0 aliphatic carbocycles. The molecule has 1 aromatic carbocycles. The number of thioether (sulfide) groups is 1. The van der Waals surface area contributed by atoms with Crippen molar-refractivity contribution in [3.05, 3.63) is 63.1 Å². The molecule has 2 aromatic rings. The summed E-state index contributed by atoms with van der Waals surface area (Å²) in [6, 6.07) is 2.95. The summed E-state index contributed by atoms with van der Waals surface area (Å²) in [5.41, 5.74) is -2.31. The van der Waals surface area contributed by atoms with Crippen molar-refractivity contribution in [2.45, 2.75) is 31.8 Å². The van der Waals surface area contributed by atoms with Gasteiger partial charge in [0.2, 0.25) is 11.8 Å². The van der Waals surface area contributed by atoms with Gasteiger partial charge in [-0.15, -0.1) is 0 Å².